The van der Waals surface area contributed by atoms with Crippen molar-refractivity contribution in [2.24, 2.45) is 11.8 Å². The molecule has 0 spiro atoms. The van der Waals surface area contributed by atoms with Crippen molar-refractivity contribution in [2.75, 3.05) is 14.2 Å². The minimum Gasteiger partial charge on any atom is -0.496 e. The van der Waals surface area contributed by atoms with Crippen molar-refractivity contribution in [1.29, 1.82) is 0 Å². The molecular formula is C15H26N2O2. The van der Waals surface area contributed by atoms with Crippen LogP contribution >= 0.6 is 0 Å². The summed E-state index contributed by atoms with van der Waals surface area (Å²) in [5.41, 5.74) is 3.91. The van der Waals surface area contributed by atoms with Crippen LogP contribution in [0.5, 0.6) is 11.5 Å². The summed E-state index contributed by atoms with van der Waals surface area (Å²) in [5.74, 6) is 8.01. The van der Waals surface area contributed by atoms with E-state index in [0.717, 1.165) is 36.3 Å². The van der Waals surface area contributed by atoms with E-state index in [1.807, 2.05) is 18.2 Å². The lowest BCUT2D eigenvalue weighted by Gasteiger charge is -2.24. The molecule has 0 aliphatic rings. The highest BCUT2D eigenvalue weighted by molar-refractivity contribution is 5.47. The van der Waals surface area contributed by atoms with Gasteiger partial charge in [-0.05, 0) is 24.5 Å². The molecule has 0 bridgehead atoms. The van der Waals surface area contributed by atoms with E-state index in [2.05, 4.69) is 19.3 Å². The summed E-state index contributed by atoms with van der Waals surface area (Å²) in [6, 6.07) is 5.84. The Morgan fingerprint density at radius 1 is 1.11 bits per heavy atom. The topological polar surface area (TPSA) is 56.5 Å². The maximum atomic E-state index is 5.75. The van der Waals surface area contributed by atoms with Crippen LogP contribution in [0.15, 0.2) is 18.2 Å². The average Bonchev–Trinajstić information content (AvgIpc) is 2.48. The fraction of sp³-hybridized carbons (Fsp3) is 0.600. The number of hydrogen-bond acceptors (Lipinski definition) is 4. The van der Waals surface area contributed by atoms with Gasteiger partial charge in [0.1, 0.15) is 11.5 Å². The van der Waals surface area contributed by atoms with E-state index in [1.54, 1.807) is 14.2 Å². The van der Waals surface area contributed by atoms with E-state index in [4.69, 9.17) is 15.3 Å². The summed E-state index contributed by atoms with van der Waals surface area (Å²) in [4.78, 5) is 0. The van der Waals surface area contributed by atoms with Gasteiger partial charge in [0.25, 0.3) is 0 Å². The van der Waals surface area contributed by atoms with Crippen LogP contribution in [0.1, 0.15) is 44.7 Å². The Bertz CT molecular complexity index is 356. The van der Waals surface area contributed by atoms with Gasteiger partial charge < -0.3 is 9.47 Å². The van der Waals surface area contributed by atoms with Crippen LogP contribution in [0.3, 0.4) is 0 Å². The van der Waals surface area contributed by atoms with Crippen LogP contribution in [0.25, 0.3) is 0 Å². The minimum atomic E-state index is 0.0380. The van der Waals surface area contributed by atoms with E-state index >= 15 is 0 Å². The van der Waals surface area contributed by atoms with Crippen LogP contribution < -0.4 is 20.7 Å². The summed E-state index contributed by atoms with van der Waals surface area (Å²) < 4.78 is 10.9. The third-order valence-corrected chi connectivity index (χ3v) is 3.74. The lowest BCUT2D eigenvalue weighted by atomic mass is 9.90. The molecule has 1 aromatic rings. The predicted octanol–water partition coefficient (Wildman–Crippen LogP) is 3.03. The second kappa shape index (κ2) is 8.02. The average molecular weight is 266 g/mol. The molecule has 1 unspecified atom stereocenters. The Balaban J connectivity index is 3.08. The number of nitrogens with two attached hydrogens (primary N) is 1. The predicted molar refractivity (Wildman–Crippen MR) is 78.3 cm³/mol. The summed E-state index contributed by atoms with van der Waals surface area (Å²) in [6.07, 6.45) is 3.26. The molecule has 108 valence electrons. The smallest absolute Gasteiger partial charge is 0.127 e. The van der Waals surface area contributed by atoms with Crippen molar-refractivity contribution in [3.8, 4) is 11.5 Å². The van der Waals surface area contributed by atoms with Crippen LogP contribution in [-0.4, -0.2) is 14.2 Å². The van der Waals surface area contributed by atoms with Crippen molar-refractivity contribution in [2.45, 2.75) is 39.2 Å². The molecule has 0 radical (unpaired) electrons. The van der Waals surface area contributed by atoms with Crippen LogP contribution in [-0.2, 0) is 0 Å². The quantitative estimate of drug-likeness (QED) is 0.561. The Kier molecular flexibility index (Phi) is 6.67. The number of hydrazine groups is 1. The van der Waals surface area contributed by atoms with E-state index in [9.17, 15) is 0 Å². The molecule has 0 fully saturated rings. The van der Waals surface area contributed by atoms with E-state index < -0.39 is 0 Å². The molecule has 0 amide bonds. The number of benzene rings is 1. The molecule has 0 aliphatic carbocycles. The summed E-state index contributed by atoms with van der Waals surface area (Å²) >= 11 is 0. The second-order valence-corrected chi connectivity index (χ2v) is 4.71. The number of ether oxygens (including phenoxy) is 2. The third-order valence-electron chi connectivity index (χ3n) is 3.74. The van der Waals surface area contributed by atoms with Crippen molar-refractivity contribution < 1.29 is 9.47 Å². The molecule has 1 aromatic carbocycles. The van der Waals surface area contributed by atoms with Gasteiger partial charge in [-0.3, -0.25) is 11.3 Å². The molecule has 0 aromatic heterocycles. The molecule has 0 saturated heterocycles. The molecule has 19 heavy (non-hydrogen) atoms. The first kappa shape index (κ1) is 15.8. The van der Waals surface area contributed by atoms with Gasteiger partial charge in [0.05, 0.1) is 25.8 Å². The zero-order chi connectivity index (χ0) is 14.3. The fourth-order valence-electron chi connectivity index (χ4n) is 2.45. The van der Waals surface area contributed by atoms with E-state index in [-0.39, 0.29) is 6.04 Å². The summed E-state index contributed by atoms with van der Waals surface area (Å²) in [5, 5.41) is 0. The van der Waals surface area contributed by atoms with Gasteiger partial charge in [-0.2, -0.15) is 0 Å². The van der Waals surface area contributed by atoms with Gasteiger partial charge >= 0.3 is 0 Å². The lowest BCUT2D eigenvalue weighted by molar-refractivity contribution is 0.337. The van der Waals surface area contributed by atoms with Crippen LogP contribution in [0.2, 0.25) is 0 Å². The molecule has 0 saturated carbocycles. The number of rotatable bonds is 8. The van der Waals surface area contributed by atoms with Crippen molar-refractivity contribution in [3.05, 3.63) is 23.8 Å². The largest absolute Gasteiger partial charge is 0.496 e. The highest BCUT2D eigenvalue weighted by Crippen LogP contribution is 2.37. The number of methoxy groups -OCH3 is 2. The summed E-state index contributed by atoms with van der Waals surface area (Å²) in [7, 11) is 3.34. The first-order valence-corrected chi connectivity index (χ1v) is 6.88. The van der Waals surface area contributed by atoms with E-state index in [0.29, 0.717) is 5.92 Å². The monoisotopic (exact) mass is 266 g/mol. The molecule has 0 heterocycles. The maximum absolute atomic E-state index is 5.75. The first-order valence-electron chi connectivity index (χ1n) is 6.88. The van der Waals surface area contributed by atoms with Crippen LogP contribution in [0, 0.1) is 5.92 Å². The van der Waals surface area contributed by atoms with Gasteiger partial charge in [-0.1, -0.05) is 32.8 Å². The Morgan fingerprint density at radius 2 is 1.63 bits per heavy atom. The number of hydrogen-bond donors (Lipinski definition) is 2. The van der Waals surface area contributed by atoms with Crippen molar-refractivity contribution >= 4 is 0 Å². The van der Waals surface area contributed by atoms with Gasteiger partial charge in [0.15, 0.2) is 0 Å². The maximum Gasteiger partial charge on any atom is 0.127 e. The minimum absolute atomic E-state index is 0.0380. The molecule has 4 nitrogen and oxygen atoms in total. The zero-order valence-electron chi connectivity index (χ0n) is 12.4. The fourth-order valence-corrected chi connectivity index (χ4v) is 2.45. The van der Waals surface area contributed by atoms with E-state index in [1.165, 1.54) is 0 Å². The standard InChI is InChI=1S/C15H26N2O2/c1-5-11(6-2)10-12(17-16)15-13(18-3)8-7-9-14(15)19-4/h7-9,11-12,17H,5-6,10,16H2,1-4H3. The first-order chi connectivity index (χ1) is 9.21. The van der Waals surface area contributed by atoms with Gasteiger partial charge in [-0.15, -0.1) is 0 Å². The molecule has 1 atom stereocenters. The number of nitrogens with one attached hydrogen (secondary N) is 1. The van der Waals surface area contributed by atoms with Gasteiger partial charge in [0, 0.05) is 0 Å². The summed E-state index contributed by atoms with van der Waals surface area (Å²) in [6.45, 7) is 4.42. The van der Waals surface area contributed by atoms with Gasteiger partial charge in [0.2, 0.25) is 0 Å². The van der Waals surface area contributed by atoms with Crippen molar-refractivity contribution in [3.63, 3.8) is 0 Å². The molecule has 4 heteroatoms. The van der Waals surface area contributed by atoms with Gasteiger partial charge in [-0.25, -0.2) is 0 Å². The molecule has 0 aliphatic heterocycles. The molecule has 1 rings (SSSR count). The zero-order valence-corrected chi connectivity index (χ0v) is 12.4. The normalized spacial score (nSPS) is 12.5. The second-order valence-electron chi connectivity index (χ2n) is 4.71. The SMILES string of the molecule is CCC(CC)CC(NN)c1c(OC)cccc1OC. The highest BCUT2D eigenvalue weighted by Gasteiger charge is 2.22. The third kappa shape index (κ3) is 3.85. The molecule has 3 N–H and O–H groups in total. The lowest BCUT2D eigenvalue weighted by Crippen LogP contribution is -2.30. The Labute approximate surface area is 116 Å². The van der Waals surface area contributed by atoms with Crippen LogP contribution in [0.4, 0.5) is 0 Å². The highest BCUT2D eigenvalue weighted by atomic mass is 16.5. The van der Waals surface area contributed by atoms with Crippen molar-refractivity contribution in [1.82, 2.24) is 5.43 Å². The Hall–Kier alpha value is -1.26. The Morgan fingerprint density at radius 3 is 2.00 bits per heavy atom. The molecular weight excluding hydrogens is 240 g/mol.